The fourth-order valence-electron chi connectivity index (χ4n) is 5.70. The summed E-state index contributed by atoms with van der Waals surface area (Å²) in [5.74, 6) is -3.47. The highest BCUT2D eigenvalue weighted by molar-refractivity contribution is 6.65. The summed E-state index contributed by atoms with van der Waals surface area (Å²) in [5.41, 5.74) is 0. The van der Waals surface area contributed by atoms with Gasteiger partial charge in [0.15, 0.2) is 4.33 Å². The SMILES string of the molecule is CCCCON1C(=O)[C@@H]2[C@H](C1=O)[C@@H]1O[C@H]2C2C1[C@@]1(Cl)C(Cl)=C(Cl)[C@]2(Cl)C1(Cl)Cl. The number of rotatable bonds is 4. The van der Waals surface area contributed by atoms with Crippen LogP contribution in [0.1, 0.15) is 19.8 Å². The number of hydroxylamine groups is 2. The highest BCUT2D eigenvalue weighted by atomic mass is 35.5. The summed E-state index contributed by atoms with van der Waals surface area (Å²) in [6, 6.07) is 0. The summed E-state index contributed by atoms with van der Waals surface area (Å²) < 4.78 is 4.35. The Labute approximate surface area is 191 Å². The molecule has 5 rings (SSSR count). The molecule has 154 valence electrons. The smallest absolute Gasteiger partial charge is 0.260 e. The van der Waals surface area contributed by atoms with Gasteiger partial charge in [0.25, 0.3) is 11.8 Å². The number of ether oxygens (including phenoxy) is 1. The Kier molecular flexibility index (Phi) is 4.43. The van der Waals surface area contributed by atoms with Crippen LogP contribution < -0.4 is 0 Å². The number of allylic oxidation sites excluding steroid dienone is 2. The van der Waals surface area contributed by atoms with E-state index in [4.69, 9.17) is 79.2 Å². The first-order valence-electron chi connectivity index (χ1n) is 9.04. The summed E-state index contributed by atoms with van der Waals surface area (Å²) in [6.45, 7) is 2.27. The summed E-state index contributed by atoms with van der Waals surface area (Å²) >= 11 is 39.9. The van der Waals surface area contributed by atoms with Gasteiger partial charge in [0.2, 0.25) is 0 Å². The lowest BCUT2D eigenvalue weighted by atomic mass is 9.65. The van der Waals surface area contributed by atoms with E-state index in [2.05, 4.69) is 0 Å². The number of alkyl halides is 4. The zero-order valence-corrected chi connectivity index (χ0v) is 19.0. The second-order valence-corrected chi connectivity index (χ2v) is 11.2. The van der Waals surface area contributed by atoms with Crippen LogP contribution in [0.25, 0.3) is 0 Å². The number of hydrogen-bond acceptors (Lipinski definition) is 4. The van der Waals surface area contributed by atoms with Crippen molar-refractivity contribution in [2.24, 2.45) is 23.7 Å². The van der Waals surface area contributed by atoms with Crippen molar-refractivity contribution < 1.29 is 19.2 Å². The molecule has 0 N–H and O–H groups in total. The second-order valence-electron chi connectivity index (χ2n) is 7.95. The van der Waals surface area contributed by atoms with Crippen molar-refractivity contribution >= 4 is 81.4 Å². The van der Waals surface area contributed by atoms with Crippen LogP contribution in [0.15, 0.2) is 10.1 Å². The van der Waals surface area contributed by atoms with E-state index in [-0.39, 0.29) is 16.7 Å². The van der Waals surface area contributed by atoms with Gasteiger partial charge in [0.1, 0.15) is 9.75 Å². The summed E-state index contributed by atoms with van der Waals surface area (Å²) in [4.78, 5) is 28.3. The minimum absolute atomic E-state index is 0.0672. The van der Waals surface area contributed by atoms with Gasteiger partial charge < -0.3 is 4.74 Å². The number of nitrogens with zero attached hydrogens (tertiary/aromatic N) is 1. The van der Waals surface area contributed by atoms with Crippen molar-refractivity contribution in [1.29, 1.82) is 0 Å². The predicted molar refractivity (Wildman–Crippen MR) is 106 cm³/mol. The predicted octanol–water partition coefficient (Wildman–Crippen LogP) is 4.18. The van der Waals surface area contributed by atoms with Crippen LogP contribution in [0, 0.1) is 23.7 Å². The standard InChI is InChI=1S/C17H15Cl6NO4/c1-2-3-4-27-24-13(25)5-6(14(24)26)10-8-7(9(5)28-10)15(20)11(18)12(19)16(8,21)17(15,22)23/h5-10H,2-4H2,1H3/t5-,6+,7?,8?,9-,10+,15+,16-. The molecule has 1 saturated carbocycles. The number of imide groups is 1. The van der Waals surface area contributed by atoms with Crippen molar-refractivity contribution in [2.75, 3.05) is 6.61 Å². The van der Waals surface area contributed by atoms with Gasteiger partial charge in [0, 0.05) is 11.8 Å². The highest BCUT2D eigenvalue weighted by Gasteiger charge is 2.90. The zero-order chi connectivity index (χ0) is 20.4. The van der Waals surface area contributed by atoms with Crippen molar-refractivity contribution in [3.63, 3.8) is 0 Å². The van der Waals surface area contributed by atoms with E-state index < -0.39 is 61.8 Å². The van der Waals surface area contributed by atoms with Crippen molar-refractivity contribution in [3.05, 3.63) is 10.1 Å². The van der Waals surface area contributed by atoms with Crippen LogP contribution in [0.4, 0.5) is 0 Å². The summed E-state index contributed by atoms with van der Waals surface area (Å²) in [6.07, 6.45) is 0.197. The van der Waals surface area contributed by atoms with Crippen LogP contribution in [-0.2, 0) is 19.2 Å². The Morgan fingerprint density at radius 3 is 1.86 bits per heavy atom. The van der Waals surface area contributed by atoms with Gasteiger partial charge in [-0.1, -0.05) is 59.7 Å². The Hall–Kier alpha value is 0.540. The molecule has 0 aromatic heterocycles. The molecule has 3 aliphatic heterocycles. The van der Waals surface area contributed by atoms with E-state index in [9.17, 15) is 9.59 Å². The highest BCUT2D eigenvalue weighted by Crippen LogP contribution is 2.81. The van der Waals surface area contributed by atoms with Crippen LogP contribution in [0.3, 0.4) is 0 Å². The van der Waals surface area contributed by atoms with Crippen LogP contribution in [0.5, 0.6) is 0 Å². The molecule has 5 aliphatic rings. The molecule has 5 nitrogen and oxygen atoms in total. The average Bonchev–Trinajstić information content (AvgIpc) is 3.34. The lowest BCUT2D eigenvalue weighted by molar-refractivity contribution is -0.192. The molecule has 8 atom stereocenters. The van der Waals surface area contributed by atoms with Gasteiger partial charge in [-0.15, -0.1) is 23.2 Å². The molecular weight excluding hydrogens is 495 g/mol. The zero-order valence-electron chi connectivity index (χ0n) is 14.4. The van der Waals surface area contributed by atoms with E-state index >= 15 is 0 Å². The quantitative estimate of drug-likeness (QED) is 0.324. The fraction of sp³-hybridized carbons (Fsp3) is 0.765. The van der Waals surface area contributed by atoms with E-state index in [1.54, 1.807) is 0 Å². The summed E-state index contributed by atoms with van der Waals surface area (Å²) in [5, 5.41) is 0.999. The topological polar surface area (TPSA) is 55.8 Å². The Balaban J connectivity index is 1.55. The largest absolute Gasteiger partial charge is 0.373 e. The second kappa shape index (κ2) is 6.07. The maximum atomic E-state index is 13.0. The van der Waals surface area contributed by atoms with Gasteiger partial charge in [-0.25, -0.2) is 0 Å². The summed E-state index contributed by atoms with van der Waals surface area (Å²) in [7, 11) is 0. The Bertz CT molecular complexity index is 776. The van der Waals surface area contributed by atoms with Gasteiger partial charge >= 0.3 is 0 Å². The van der Waals surface area contributed by atoms with Gasteiger partial charge in [-0.2, -0.15) is 5.06 Å². The van der Waals surface area contributed by atoms with Gasteiger partial charge in [-0.3, -0.25) is 14.4 Å². The molecule has 4 bridgehead atoms. The van der Waals surface area contributed by atoms with E-state index in [1.165, 1.54) is 0 Å². The first kappa shape index (κ1) is 20.4. The van der Waals surface area contributed by atoms with Crippen LogP contribution >= 0.6 is 69.6 Å². The number of halogens is 6. The molecule has 0 radical (unpaired) electrons. The molecule has 3 heterocycles. The molecule has 11 heteroatoms. The Morgan fingerprint density at radius 2 is 1.43 bits per heavy atom. The molecule has 0 aromatic rings. The number of carbonyl (C=O) groups is 2. The molecule has 2 unspecified atom stereocenters. The maximum Gasteiger partial charge on any atom is 0.260 e. The first-order valence-corrected chi connectivity index (χ1v) is 11.3. The number of carbonyl (C=O) groups excluding carboxylic acids is 2. The van der Waals surface area contributed by atoms with Crippen molar-refractivity contribution in [2.45, 2.75) is 46.1 Å². The molecule has 2 aliphatic carbocycles. The van der Waals surface area contributed by atoms with Crippen LogP contribution in [0.2, 0.25) is 0 Å². The average molecular weight is 510 g/mol. The van der Waals surface area contributed by atoms with E-state index in [1.807, 2.05) is 6.92 Å². The molecule has 28 heavy (non-hydrogen) atoms. The molecule has 0 spiro atoms. The fourth-order valence-corrected chi connectivity index (χ4v) is 8.76. The molecule has 3 saturated heterocycles. The van der Waals surface area contributed by atoms with Gasteiger partial charge in [-0.05, 0) is 6.42 Å². The number of fused-ring (bicyclic) bond motifs is 12. The molecule has 4 fully saturated rings. The minimum Gasteiger partial charge on any atom is -0.373 e. The minimum atomic E-state index is -1.71. The maximum absolute atomic E-state index is 13.0. The van der Waals surface area contributed by atoms with Crippen molar-refractivity contribution in [3.8, 4) is 0 Å². The van der Waals surface area contributed by atoms with E-state index in [0.29, 0.717) is 0 Å². The first-order chi connectivity index (χ1) is 13.1. The lowest BCUT2D eigenvalue weighted by Crippen LogP contribution is -2.50. The Morgan fingerprint density at radius 1 is 0.964 bits per heavy atom. The normalized spacial score (nSPS) is 50.2. The number of amides is 2. The lowest BCUT2D eigenvalue weighted by Gasteiger charge is -2.39. The van der Waals surface area contributed by atoms with E-state index in [0.717, 1.165) is 17.9 Å². The third-order valence-electron chi connectivity index (χ3n) is 6.86. The number of unbranched alkanes of at least 4 members (excludes halogenated alkanes) is 1. The van der Waals surface area contributed by atoms with Gasteiger partial charge in [0.05, 0.1) is 40.7 Å². The molecular formula is C17H15Cl6NO4. The molecule has 2 amide bonds. The van der Waals surface area contributed by atoms with Crippen LogP contribution in [-0.4, -0.2) is 49.8 Å². The molecule has 0 aromatic carbocycles. The third kappa shape index (κ3) is 1.90. The number of hydrogen-bond donors (Lipinski definition) is 0. The third-order valence-corrected chi connectivity index (χ3v) is 11.1. The van der Waals surface area contributed by atoms with Crippen molar-refractivity contribution in [1.82, 2.24) is 5.06 Å². The monoisotopic (exact) mass is 507 g/mol.